The van der Waals surface area contributed by atoms with Crippen LogP contribution in [0.5, 0.6) is 5.75 Å². The number of methoxy groups -OCH3 is 1. The van der Waals surface area contributed by atoms with E-state index in [1.165, 1.54) is 0 Å². The van der Waals surface area contributed by atoms with Crippen LogP contribution in [-0.4, -0.2) is 12.6 Å². The minimum atomic E-state index is -0.273. The first-order chi connectivity index (χ1) is 7.42. The Morgan fingerprint density at radius 3 is 2.44 bits per heavy atom. The van der Waals surface area contributed by atoms with Gasteiger partial charge in [-0.15, -0.1) is 0 Å². The normalized spacial score (nSPS) is 18.3. The van der Waals surface area contributed by atoms with Crippen molar-refractivity contribution < 1.29 is 4.74 Å². The highest BCUT2D eigenvalue weighted by Crippen LogP contribution is 2.58. The number of ether oxygens (including phenoxy) is 1. The molecule has 0 radical (unpaired) electrons. The molecule has 0 bridgehead atoms. The molecule has 0 unspecified atom stereocenters. The monoisotopic (exact) mass is 239 g/mol. The van der Waals surface area contributed by atoms with Gasteiger partial charge in [-0.3, -0.25) is 0 Å². The zero-order valence-electron chi connectivity index (χ0n) is 10.0. The zero-order chi connectivity index (χ0) is 12.0. The SMILES string of the molecule is COc1cccc(Cl)c1C1(C(C)(C)N)CC1. The first-order valence-corrected chi connectivity index (χ1v) is 5.92. The van der Waals surface area contributed by atoms with Crippen molar-refractivity contribution >= 4 is 11.6 Å². The summed E-state index contributed by atoms with van der Waals surface area (Å²) in [6.07, 6.45) is 2.16. The predicted octanol–water partition coefficient (Wildman–Crippen LogP) is 3.12. The maximum Gasteiger partial charge on any atom is 0.124 e. The fourth-order valence-electron chi connectivity index (χ4n) is 2.48. The zero-order valence-corrected chi connectivity index (χ0v) is 10.8. The molecule has 1 saturated carbocycles. The van der Waals surface area contributed by atoms with Crippen LogP contribution in [0.2, 0.25) is 5.02 Å². The van der Waals surface area contributed by atoms with Gasteiger partial charge in [0.1, 0.15) is 5.75 Å². The highest BCUT2D eigenvalue weighted by atomic mass is 35.5. The van der Waals surface area contributed by atoms with Crippen LogP contribution in [-0.2, 0) is 5.41 Å². The molecule has 2 rings (SSSR count). The largest absolute Gasteiger partial charge is 0.496 e. The molecule has 1 aliphatic rings. The fourth-order valence-corrected chi connectivity index (χ4v) is 2.83. The van der Waals surface area contributed by atoms with Crippen LogP contribution >= 0.6 is 11.6 Å². The maximum absolute atomic E-state index is 6.30. The molecule has 0 spiro atoms. The van der Waals surface area contributed by atoms with Gasteiger partial charge in [0, 0.05) is 21.5 Å². The Balaban J connectivity index is 2.56. The second-order valence-corrected chi connectivity index (χ2v) is 5.53. The van der Waals surface area contributed by atoms with Crippen LogP contribution in [0.25, 0.3) is 0 Å². The van der Waals surface area contributed by atoms with E-state index in [1.807, 2.05) is 18.2 Å². The molecule has 0 heterocycles. The number of halogens is 1. The summed E-state index contributed by atoms with van der Waals surface area (Å²) in [7, 11) is 1.68. The Bertz CT molecular complexity index is 405. The van der Waals surface area contributed by atoms with Crippen LogP contribution in [0.4, 0.5) is 0 Å². The molecular weight excluding hydrogens is 222 g/mol. The lowest BCUT2D eigenvalue weighted by Crippen LogP contribution is -2.45. The molecule has 0 amide bonds. The van der Waals surface area contributed by atoms with Crippen molar-refractivity contribution in [1.29, 1.82) is 0 Å². The number of hydrogen-bond acceptors (Lipinski definition) is 2. The first-order valence-electron chi connectivity index (χ1n) is 5.54. The Morgan fingerprint density at radius 1 is 1.38 bits per heavy atom. The summed E-state index contributed by atoms with van der Waals surface area (Å²) >= 11 is 6.30. The molecular formula is C13H18ClNO. The molecule has 2 nitrogen and oxygen atoms in total. The molecule has 1 aromatic rings. The van der Waals surface area contributed by atoms with E-state index in [2.05, 4.69) is 13.8 Å². The average molecular weight is 240 g/mol. The van der Waals surface area contributed by atoms with E-state index in [0.29, 0.717) is 0 Å². The third kappa shape index (κ3) is 1.61. The molecule has 1 aromatic carbocycles. The van der Waals surface area contributed by atoms with Gasteiger partial charge in [-0.2, -0.15) is 0 Å². The van der Waals surface area contributed by atoms with E-state index in [4.69, 9.17) is 22.1 Å². The van der Waals surface area contributed by atoms with E-state index >= 15 is 0 Å². The lowest BCUT2D eigenvalue weighted by Gasteiger charge is -2.32. The fraction of sp³-hybridized carbons (Fsp3) is 0.538. The van der Waals surface area contributed by atoms with Crippen molar-refractivity contribution in [2.75, 3.05) is 7.11 Å². The quantitative estimate of drug-likeness (QED) is 0.880. The highest BCUT2D eigenvalue weighted by molar-refractivity contribution is 6.31. The van der Waals surface area contributed by atoms with E-state index < -0.39 is 0 Å². The molecule has 88 valence electrons. The van der Waals surface area contributed by atoms with Gasteiger partial charge in [0.15, 0.2) is 0 Å². The lowest BCUT2D eigenvalue weighted by atomic mass is 9.79. The lowest BCUT2D eigenvalue weighted by molar-refractivity contribution is 0.360. The van der Waals surface area contributed by atoms with E-state index in [0.717, 1.165) is 29.2 Å². The van der Waals surface area contributed by atoms with Crippen LogP contribution in [0.3, 0.4) is 0 Å². The maximum atomic E-state index is 6.30. The highest BCUT2D eigenvalue weighted by Gasteiger charge is 2.56. The Hall–Kier alpha value is -0.730. The van der Waals surface area contributed by atoms with E-state index in [-0.39, 0.29) is 11.0 Å². The molecule has 2 N–H and O–H groups in total. The summed E-state index contributed by atoms with van der Waals surface area (Å²) in [6, 6.07) is 5.77. The molecule has 0 aromatic heterocycles. The van der Waals surface area contributed by atoms with E-state index in [9.17, 15) is 0 Å². The minimum Gasteiger partial charge on any atom is -0.496 e. The number of rotatable bonds is 3. The van der Waals surface area contributed by atoms with Gasteiger partial charge in [0.05, 0.1) is 7.11 Å². The second kappa shape index (κ2) is 3.64. The standard InChI is InChI=1S/C13H18ClNO/c1-12(2,15)13(7-8-13)11-9(14)5-4-6-10(11)16-3/h4-6H,7-8,15H2,1-3H3. The molecule has 0 saturated heterocycles. The van der Waals surface area contributed by atoms with Gasteiger partial charge in [-0.1, -0.05) is 17.7 Å². The van der Waals surface area contributed by atoms with Crippen LogP contribution in [0.1, 0.15) is 32.3 Å². The van der Waals surface area contributed by atoms with Gasteiger partial charge in [0.25, 0.3) is 0 Å². The topological polar surface area (TPSA) is 35.2 Å². The summed E-state index contributed by atoms with van der Waals surface area (Å²) < 4.78 is 5.41. The van der Waals surface area contributed by atoms with Gasteiger partial charge in [-0.25, -0.2) is 0 Å². The van der Waals surface area contributed by atoms with Gasteiger partial charge in [0.2, 0.25) is 0 Å². The average Bonchev–Trinajstić information content (AvgIpc) is 2.97. The smallest absolute Gasteiger partial charge is 0.124 e. The Kier molecular flexibility index (Phi) is 2.67. The summed E-state index contributed by atoms with van der Waals surface area (Å²) in [5.74, 6) is 0.850. The van der Waals surface area contributed by atoms with E-state index in [1.54, 1.807) is 7.11 Å². The van der Waals surface area contributed by atoms with Crippen molar-refractivity contribution in [3.63, 3.8) is 0 Å². The summed E-state index contributed by atoms with van der Waals surface area (Å²) in [5, 5.41) is 0.760. The van der Waals surface area contributed by atoms with Crippen molar-refractivity contribution in [2.45, 2.75) is 37.6 Å². The number of nitrogens with two attached hydrogens (primary N) is 1. The van der Waals surface area contributed by atoms with Gasteiger partial charge < -0.3 is 10.5 Å². The summed E-state index contributed by atoms with van der Waals surface area (Å²) in [4.78, 5) is 0. The van der Waals surface area contributed by atoms with Crippen molar-refractivity contribution in [3.05, 3.63) is 28.8 Å². The number of hydrogen-bond donors (Lipinski definition) is 1. The Labute approximate surface area is 102 Å². The third-order valence-corrected chi connectivity index (χ3v) is 3.97. The van der Waals surface area contributed by atoms with Gasteiger partial charge in [-0.05, 0) is 38.8 Å². The predicted molar refractivity (Wildman–Crippen MR) is 67.2 cm³/mol. The summed E-state index contributed by atoms with van der Waals surface area (Å²) in [5.41, 5.74) is 7.07. The number of benzene rings is 1. The molecule has 0 aliphatic heterocycles. The van der Waals surface area contributed by atoms with Crippen LogP contribution < -0.4 is 10.5 Å². The van der Waals surface area contributed by atoms with Crippen molar-refractivity contribution in [2.24, 2.45) is 5.73 Å². The van der Waals surface area contributed by atoms with Crippen molar-refractivity contribution in [1.82, 2.24) is 0 Å². The summed E-state index contributed by atoms with van der Waals surface area (Å²) in [6.45, 7) is 4.12. The first kappa shape index (κ1) is 11.7. The molecule has 1 fully saturated rings. The molecule has 1 aliphatic carbocycles. The second-order valence-electron chi connectivity index (χ2n) is 5.12. The van der Waals surface area contributed by atoms with Crippen LogP contribution in [0, 0.1) is 0 Å². The Morgan fingerprint density at radius 2 is 2.00 bits per heavy atom. The molecule has 0 atom stereocenters. The van der Waals surface area contributed by atoms with Crippen LogP contribution in [0.15, 0.2) is 18.2 Å². The third-order valence-electron chi connectivity index (χ3n) is 3.66. The minimum absolute atomic E-state index is 0.0172. The molecule has 3 heteroatoms. The van der Waals surface area contributed by atoms with Gasteiger partial charge >= 0.3 is 0 Å². The molecule has 16 heavy (non-hydrogen) atoms. The van der Waals surface area contributed by atoms with Crippen molar-refractivity contribution in [3.8, 4) is 5.75 Å².